The summed E-state index contributed by atoms with van der Waals surface area (Å²) < 4.78 is 70.6. The number of carbonyl (C=O) groups excluding carboxylic acids is 2. The second kappa shape index (κ2) is 19.6. The summed E-state index contributed by atoms with van der Waals surface area (Å²) in [6.07, 6.45) is 5.81. The molecule has 65 heavy (non-hydrogen) atoms. The molecule has 6 heterocycles. The van der Waals surface area contributed by atoms with Gasteiger partial charge in [-0.1, -0.05) is 24.6 Å². The zero-order valence-electron chi connectivity index (χ0n) is 35.0. The lowest BCUT2D eigenvalue weighted by atomic mass is 9.84. The fourth-order valence-electron chi connectivity index (χ4n) is 8.63. The first-order valence-corrected chi connectivity index (χ1v) is 21.5. The highest BCUT2D eigenvalue weighted by atomic mass is 35.5. The predicted molar refractivity (Wildman–Crippen MR) is 233 cm³/mol. The molecule has 0 aliphatic carbocycles. The van der Waals surface area contributed by atoms with Crippen LogP contribution in [0.2, 0.25) is 5.02 Å². The molecule has 4 unspecified atom stereocenters. The van der Waals surface area contributed by atoms with E-state index < -0.39 is 35.3 Å². The van der Waals surface area contributed by atoms with Crippen molar-refractivity contribution < 1.29 is 31.5 Å². The van der Waals surface area contributed by atoms with Crippen LogP contribution in [0.4, 0.5) is 33.7 Å². The summed E-state index contributed by atoms with van der Waals surface area (Å²) in [7, 11) is 0. The molecule has 2 fully saturated rings. The molecule has 19 heteroatoms. The van der Waals surface area contributed by atoms with Crippen molar-refractivity contribution in [1.82, 2.24) is 44.7 Å². The van der Waals surface area contributed by atoms with Gasteiger partial charge < -0.3 is 20.4 Å². The summed E-state index contributed by atoms with van der Waals surface area (Å²) in [5.74, 6) is -1.60. The Morgan fingerprint density at radius 2 is 1.46 bits per heavy atom. The van der Waals surface area contributed by atoms with Gasteiger partial charge in [0.2, 0.25) is 5.95 Å². The van der Waals surface area contributed by atoms with Gasteiger partial charge >= 0.3 is 6.18 Å². The van der Waals surface area contributed by atoms with Gasteiger partial charge in [0, 0.05) is 74.6 Å². The minimum absolute atomic E-state index is 0.0151. The van der Waals surface area contributed by atoms with Crippen molar-refractivity contribution in [2.45, 2.75) is 57.3 Å². The van der Waals surface area contributed by atoms with Crippen molar-refractivity contribution in [2.75, 3.05) is 36.8 Å². The number of piperidine rings is 2. The van der Waals surface area contributed by atoms with Crippen LogP contribution < -0.4 is 10.6 Å². The number of rotatable bonds is 12. The lowest BCUT2D eigenvalue weighted by Crippen LogP contribution is -2.52. The first-order chi connectivity index (χ1) is 31.3. The van der Waals surface area contributed by atoms with Crippen LogP contribution in [0.3, 0.4) is 0 Å². The second-order valence-corrected chi connectivity index (χ2v) is 16.5. The summed E-state index contributed by atoms with van der Waals surface area (Å²) in [6.45, 7) is 3.23. The second-order valence-electron chi connectivity index (χ2n) is 16.1. The number of amides is 2. The summed E-state index contributed by atoms with van der Waals surface area (Å²) in [4.78, 5) is 62.4. The van der Waals surface area contributed by atoms with Crippen LogP contribution in [0.25, 0.3) is 22.8 Å². The Bertz CT molecular complexity index is 2630. The lowest BCUT2D eigenvalue weighted by molar-refractivity contribution is -0.138. The molecule has 0 bridgehead atoms. The van der Waals surface area contributed by atoms with Crippen molar-refractivity contribution in [1.29, 1.82) is 0 Å². The highest BCUT2D eigenvalue weighted by molar-refractivity contribution is 6.30. The van der Waals surface area contributed by atoms with E-state index in [1.54, 1.807) is 40.3 Å². The zero-order valence-corrected chi connectivity index (χ0v) is 35.8. The third-order valence-electron chi connectivity index (χ3n) is 11.9. The molecular weight excluding hydrogens is 869 g/mol. The van der Waals surface area contributed by atoms with E-state index >= 15 is 8.78 Å². The standard InChI is InChI=1S/C46H43ClF5N11O2/c1-27-6-3-18-62(37(27)25-57-39-13-10-30(47)24-56-39)44(65)35-21-31(48)11-12-33(35)41-55-17-14-32(61-41)20-28-7-4-19-63(38(28)26-60-45-58-22-29(23-59-45)46(50,51)52)43(64)34-8-2-9-36(49)40(34)42-53-15-5-16-54-42/h2,5,8-17,21-24,27-28,37-38H,3-4,6-7,18-20,25-26H2,1H3,(H,56,57)(H,58,59,60). The Hall–Kier alpha value is -6.69. The number of alkyl halides is 3. The zero-order chi connectivity index (χ0) is 45.7. The van der Waals surface area contributed by atoms with Gasteiger partial charge in [-0.2, -0.15) is 13.2 Å². The minimum Gasteiger partial charge on any atom is -0.368 e. The summed E-state index contributed by atoms with van der Waals surface area (Å²) in [5, 5.41) is 6.83. The van der Waals surface area contributed by atoms with Crippen LogP contribution >= 0.6 is 11.6 Å². The molecular formula is C46H43ClF5N11O2. The van der Waals surface area contributed by atoms with Gasteiger partial charge in [0.1, 0.15) is 17.5 Å². The van der Waals surface area contributed by atoms with E-state index in [9.17, 15) is 22.8 Å². The van der Waals surface area contributed by atoms with Crippen molar-refractivity contribution in [3.8, 4) is 22.8 Å². The Morgan fingerprint density at radius 3 is 2.20 bits per heavy atom. The average molecular weight is 912 g/mol. The van der Waals surface area contributed by atoms with Crippen LogP contribution in [0.1, 0.15) is 64.6 Å². The number of pyridine rings is 1. The fourth-order valence-corrected chi connectivity index (χ4v) is 8.74. The largest absolute Gasteiger partial charge is 0.419 e. The van der Waals surface area contributed by atoms with Gasteiger partial charge in [0.05, 0.1) is 39.4 Å². The summed E-state index contributed by atoms with van der Waals surface area (Å²) >= 11 is 6.03. The van der Waals surface area contributed by atoms with Gasteiger partial charge in [0.15, 0.2) is 11.6 Å². The number of benzene rings is 2. The van der Waals surface area contributed by atoms with Gasteiger partial charge in [0.25, 0.3) is 11.8 Å². The highest BCUT2D eigenvalue weighted by Crippen LogP contribution is 2.34. The summed E-state index contributed by atoms with van der Waals surface area (Å²) in [5.41, 5.74) is -0.0519. The van der Waals surface area contributed by atoms with E-state index in [0.717, 1.165) is 12.8 Å². The number of hydrogen-bond acceptors (Lipinski definition) is 11. The van der Waals surface area contributed by atoms with Crippen LogP contribution in [0, 0.1) is 23.5 Å². The SMILES string of the molecule is CC1CCCN(C(=O)c2cc(F)ccc2-c2nccc(CC3CCCN(C(=O)c4cccc(F)c4-c4ncccn4)C3CNc3ncc(C(F)(F)F)cn3)n2)C1CNc1ccc(Cl)cn1. The maximum Gasteiger partial charge on any atom is 0.419 e. The molecule has 2 amide bonds. The first kappa shape index (κ1) is 44.9. The van der Waals surface area contributed by atoms with E-state index in [1.807, 2.05) is 0 Å². The third-order valence-corrected chi connectivity index (χ3v) is 12.1. The lowest BCUT2D eigenvalue weighted by Gasteiger charge is -2.42. The molecule has 2 saturated heterocycles. The smallest absolute Gasteiger partial charge is 0.368 e. The number of halogens is 6. The number of carbonyl (C=O) groups is 2. The summed E-state index contributed by atoms with van der Waals surface area (Å²) in [6, 6.07) is 14.0. The van der Waals surface area contributed by atoms with E-state index in [-0.39, 0.29) is 77.6 Å². The van der Waals surface area contributed by atoms with Crippen molar-refractivity contribution in [3.63, 3.8) is 0 Å². The number of aromatic nitrogens is 7. The molecule has 2 aliphatic heterocycles. The van der Waals surface area contributed by atoms with Crippen molar-refractivity contribution in [2.24, 2.45) is 11.8 Å². The molecule has 13 nitrogen and oxygen atoms in total. The number of nitrogens with one attached hydrogen (secondary N) is 2. The van der Waals surface area contributed by atoms with E-state index in [4.69, 9.17) is 16.6 Å². The first-order valence-electron chi connectivity index (χ1n) is 21.1. The van der Waals surface area contributed by atoms with Crippen LogP contribution in [0.5, 0.6) is 0 Å². The van der Waals surface area contributed by atoms with Gasteiger partial charge in [-0.15, -0.1) is 0 Å². The normalized spacial score (nSPS) is 18.9. The maximum atomic E-state index is 15.5. The molecule has 0 saturated carbocycles. The van der Waals surface area contributed by atoms with Gasteiger partial charge in [-0.05, 0) is 98.5 Å². The number of nitrogens with zero attached hydrogens (tertiary/aromatic N) is 9. The molecule has 2 aromatic carbocycles. The number of hydrogen-bond donors (Lipinski definition) is 2. The molecule has 2 N–H and O–H groups in total. The van der Waals surface area contributed by atoms with E-state index in [1.165, 1.54) is 55.0 Å². The molecule has 0 spiro atoms. The number of likely N-dealkylation sites (tertiary alicyclic amines) is 2. The molecule has 6 aromatic rings. The van der Waals surface area contributed by atoms with E-state index in [2.05, 4.69) is 47.5 Å². The third kappa shape index (κ3) is 10.3. The van der Waals surface area contributed by atoms with Gasteiger partial charge in [-0.3, -0.25) is 9.59 Å². The molecule has 4 aromatic heterocycles. The molecule has 8 rings (SSSR count). The Balaban J connectivity index is 1.08. The molecule has 2 aliphatic rings. The fraction of sp³-hybridized carbons (Fsp3) is 0.326. The Labute approximate surface area is 376 Å². The minimum atomic E-state index is -4.64. The van der Waals surface area contributed by atoms with Crippen molar-refractivity contribution >= 4 is 35.2 Å². The maximum absolute atomic E-state index is 15.5. The molecule has 4 atom stereocenters. The Morgan fingerprint density at radius 1 is 0.754 bits per heavy atom. The number of anilines is 2. The monoisotopic (exact) mass is 911 g/mol. The topological polar surface area (TPSA) is 155 Å². The Kier molecular flexibility index (Phi) is 13.5. The molecule has 0 radical (unpaired) electrons. The molecule has 336 valence electrons. The predicted octanol–water partition coefficient (Wildman–Crippen LogP) is 8.66. The van der Waals surface area contributed by atoms with Crippen LogP contribution in [0.15, 0.2) is 97.8 Å². The van der Waals surface area contributed by atoms with Gasteiger partial charge in [-0.25, -0.2) is 43.7 Å². The van der Waals surface area contributed by atoms with E-state index in [0.29, 0.717) is 60.4 Å². The van der Waals surface area contributed by atoms with Crippen molar-refractivity contribution in [3.05, 3.63) is 137 Å². The average Bonchev–Trinajstić information content (AvgIpc) is 3.30. The van der Waals surface area contributed by atoms with Crippen LogP contribution in [-0.2, 0) is 12.6 Å². The van der Waals surface area contributed by atoms with Crippen LogP contribution in [-0.4, -0.2) is 94.8 Å². The highest BCUT2D eigenvalue weighted by Gasteiger charge is 2.38. The quantitative estimate of drug-likeness (QED) is 0.113.